The number of nitrogen functional groups attached to an aromatic ring is 1. The molecule has 0 saturated carbocycles. The molecule has 6 nitrogen and oxygen atoms in total. The normalized spacial score (nSPS) is 10.8. The largest absolute Gasteiger partial charge is 0.395 e. The zero-order valence-corrected chi connectivity index (χ0v) is 13.5. The number of hydrogen-bond acceptors (Lipinski definition) is 6. The minimum atomic E-state index is 0.135. The molecule has 0 saturated heterocycles. The van der Waals surface area contributed by atoms with E-state index >= 15 is 0 Å². The summed E-state index contributed by atoms with van der Waals surface area (Å²) in [5, 5.41) is 3.22. The maximum absolute atomic E-state index is 6.13. The van der Waals surface area contributed by atoms with Gasteiger partial charge in [0.1, 0.15) is 11.5 Å². The van der Waals surface area contributed by atoms with Crippen LogP contribution in [0.25, 0.3) is 0 Å². The van der Waals surface area contributed by atoms with Crippen LogP contribution in [0.3, 0.4) is 0 Å². The Bertz CT molecular complexity index is 716. The molecule has 0 radical (unpaired) electrons. The molecule has 2 rings (SSSR count). The highest BCUT2D eigenvalue weighted by Crippen LogP contribution is 2.40. The maximum atomic E-state index is 6.13. The van der Waals surface area contributed by atoms with Gasteiger partial charge in [0.25, 0.3) is 0 Å². The molecule has 3 N–H and O–H groups in total. The third-order valence-corrected chi connectivity index (χ3v) is 3.35. The number of anilines is 3. The van der Waals surface area contributed by atoms with Crippen molar-refractivity contribution in [3.05, 3.63) is 28.1 Å². The van der Waals surface area contributed by atoms with Crippen LogP contribution in [0.5, 0.6) is 0 Å². The van der Waals surface area contributed by atoms with E-state index in [0.29, 0.717) is 33.0 Å². The van der Waals surface area contributed by atoms with Gasteiger partial charge in [0.2, 0.25) is 5.28 Å². The van der Waals surface area contributed by atoms with Gasteiger partial charge in [0.15, 0.2) is 0 Å². The fourth-order valence-electron chi connectivity index (χ4n) is 1.66. The molecule has 2 aromatic rings. The number of nitrogens with one attached hydrogen (secondary N) is 1. The van der Waals surface area contributed by atoms with Gasteiger partial charge >= 0.3 is 0 Å². The highest BCUT2D eigenvalue weighted by Gasteiger charge is 2.11. The third kappa shape index (κ3) is 3.37. The smallest absolute Gasteiger partial charge is 0.224 e. The number of rotatable bonds is 4. The van der Waals surface area contributed by atoms with Crippen LogP contribution in [0.15, 0.2) is 32.8 Å². The van der Waals surface area contributed by atoms with E-state index in [1.54, 1.807) is 31.5 Å². The molecule has 0 aliphatic heterocycles. The topological polar surface area (TPSA) is 88.5 Å². The van der Waals surface area contributed by atoms with E-state index in [-0.39, 0.29) is 5.28 Å². The Labute approximate surface area is 135 Å². The minimum absolute atomic E-state index is 0.135. The van der Waals surface area contributed by atoms with Gasteiger partial charge in [-0.15, -0.1) is 0 Å². The first-order chi connectivity index (χ1) is 10.1. The monoisotopic (exact) mass is 366 g/mol. The molecule has 0 fully saturated rings. The molecule has 0 unspecified atom stereocenters. The van der Waals surface area contributed by atoms with E-state index in [2.05, 4.69) is 47.9 Å². The van der Waals surface area contributed by atoms with Gasteiger partial charge < -0.3 is 11.1 Å². The Morgan fingerprint density at radius 1 is 1.48 bits per heavy atom. The second-order valence-corrected chi connectivity index (χ2v) is 5.09. The molecule has 0 aliphatic rings. The van der Waals surface area contributed by atoms with Crippen LogP contribution in [0.4, 0.5) is 28.6 Å². The average molecular weight is 368 g/mol. The number of aromatic nitrogens is 2. The fourth-order valence-corrected chi connectivity index (χ4v) is 2.08. The van der Waals surface area contributed by atoms with Gasteiger partial charge in [-0.05, 0) is 53.3 Å². The Balaban J connectivity index is 2.48. The number of nitrogens with two attached hydrogens (primary N) is 1. The Morgan fingerprint density at radius 3 is 2.90 bits per heavy atom. The summed E-state index contributed by atoms with van der Waals surface area (Å²) >= 11 is 9.14. The summed E-state index contributed by atoms with van der Waals surface area (Å²) < 4.78 is 0.665. The summed E-state index contributed by atoms with van der Waals surface area (Å²) in [5.41, 5.74) is 8.36. The number of nitrogens with zero attached hydrogens (tertiary/aromatic N) is 4. The average Bonchev–Trinajstić information content (AvgIpc) is 2.47. The summed E-state index contributed by atoms with van der Waals surface area (Å²) in [4.78, 5) is 16.1. The second-order valence-electron chi connectivity index (χ2n) is 3.90. The first-order valence-corrected chi connectivity index (χ1v) is 7.06. The van der Waals surface area contributed by atoms with E-state index in [1.807, 2.05) is 0 Å². The van der Waals surface area contributed by atoms with Crippen molar-refractivity contribution in [3.8, 4) is 0 Å². The van der Waals surface area contributed by atoms with Gasteiger partial charge in [-0.25, -0.2) is 4.98 Å². The van der Waals surface area contributed by atoms with E-state index in [4.69, 9.17) is 17.3 Å². The predicted molar refractivity (Wildman–Crippen MR) is 91.9 cm³/mol. The van der Waals surface area contributed by atoms with Gasteiger partial charge in [-0.2, -0.15) is 4.98 Å². The quantitative estimate of drug-likeness (QED) is 0.480. The summed E-state index contributed by atoms with van der Waals surface area (Å²) in [7, 11) is 0. The molecular weight excluding hydrogens is 356 g/mol. The van der Waals surface area contributed by atoms with E-state index < -0.39 is 0 Å². The molecular formula is C13H12BrClN6. The van der Waals surface area contributed by atoms with Crippen LogP contribution in [0.2, 0.25) is 5.28 Å². The Morgan fingerprint density at radius 2 is 2.24 bits per heavy atom. The van der Waals surface area contributed by atoms with Gasteiger partial charge in [0.05, 0.1) is 21.5 Å². The second kappa shape index (κ2) is 6.64. The van der Waals surface area contributed by atoms with Crippen LogP contribution >= 0.6 is 27.5 Å². The van der Waals surface area contributed by atoms with Crippen LogP contribution in [-0.4, -0.2) is 22.9 Å². The van der Waals surface area contributed by atoms with Crippen molar-refractivity contribution in [2.75, 3.05) is 11.1 Å². The molecule has 8 heteroatoms. The van der Waals surface area contributed by atoms with Crippen molar-refractivity contribution in [2.45, 2.75) is 6.92 Å². The van der Waals surface area contributed by atoms with E-state index in [9.17, 15) is 0 Å². The molecule has 21 heavy (non-hydrogen) atoms. The van der Waals surface area contributed by atoms with E-state index in [1.165, 1.54) is 0 Å². The van der Waals surface area contributed by atoms with Crippen LogP contribution < -0.4 is 11.1 Å². The lowest BCUT2D eigenvalue weighted by Crippen LogP contribution is -2.00. The van der Waals surface area contributed by atoms with Gasteiger partial charge in [-0.1, -0.05) is 0 Å². The molecule has 1 heterocycles. The van der Waals surface area contributed by atoms with Crippen LogP contribution in [-0.2, 0) is 0 Å². The summed E-state index contributed by atoms with van der Waals surface area (Å²) in [6, 6.07) is 3.54. The lowest BCUT2D eigenvalue weighted by atomic mass is 10.2. The Kier molecular flexibility index (Phi) is 4.87. The van der Waals surface area contributed by atoms with Crippen molar-refractivity contribution in [3.63, 3.8) is 0 Å². The maximum Gasteiger partial charge on any atom is 0.224 e. The minimum Gasteiger partial charge on any atom is -0.395 e. The van der Waals surface area contributed by atoms with Crippen molar-refractivity contribution in [1.29, 1.82) is 0 Å². The van der Waals surface area contributed by atoms with Crippen molar-refractivity contribution >= 4 is 69.0 Å². The van der Waals surface area contributed by atoms with Gasteiger partial charge in [0, 0.05) is 12.4 Å². The lowest BCUT2D eigenvalue weighted by Gasteiger charge is -2.13. The first-order valence-electron chi connectivity index (χ1n) is 5.89. The van der Waals surface area contributed by atoms with Crippen LogP contribution in [0.1, 0.15) is 6.92 Å². The Hall–Kier alpha value is -1.99. The molecule has 1 aromatic heterocycles. The summed E-state index contributed by atoms with van der Waals surface area (Å²) in [6.07, 6.45) is 3.19. The number of benzene rings is 1. The van der Waals surface area contributed by atoms with Crippen molar-refractivity contribution in [2.24, 2.45) is 9.98 Å². The number of halogens is 2. The summed E-state index contributed by atoms with van der Waals surface area (Å²) in [5.74, 6) is 0.507. The highest BCUT2D eigenvalue weighted by atomic mass is 79.9. The molecule has 0 aliphatic carbocycles. The van der Waals surface area contributed by atoms with Gasteiger partial charge in [-0.3, -0.25) is 9.98 Å². The molecule has 108 valence electrons. The zero-order chi connectivity index (χ0) is 15.4. The van der Waals surface area contributed by atoms with Crippen molar-refractivity contribution in [1.82, 2.24) is 9.97 Å². The number of hydrogen-bond donors (Lipinski definition) is 2. The molecule has 0 amide bonds. The van der Waals surface area contributed by atoms with Crippen LogP contribution in [0, 0.1) is 0 Å². The van der Waals surface area contributed by atoms with E-state index in [0.717, 1.165) is 0 Å². The lowest BCUT2D eigenvalue weighted by molar-refractivity contribution is 1.15. The van der Waals surface area contributed by atoms with Crippen molar-refractivity contribution < 1.29 is 0 Å². The fraction of sp³-hybridized carbons (Fsp3) is 0.0769. The zero-order valence-electron chi connectivity index (χ0n) is 11.1. The predicted octanol–water partition coefficient (Wildman–Crippen LogP) is 4.27. The molecule has 0 bridgehead atoms. The standard InChI is InChI=1S/C13H12BrClN6/c1-3-18-11-9(17-2)5-4-8(10(11)16)20-12-7(14)6-19-13(15)21-12/h3-6H,2,16H2,1H3,(H,19,20,21). The SMILES string of the molecule is C=Nc1ccc(Nc2nc(Cl)ncc2Br)c(N)c1N=CC. The first kappa shape index (κ1) is 15.4. The molecule has 1 aromatic carbocycles. The third-order valence-electron chi connectivity index (χ3n) is 2.59. The molecule has 0 spiro atoms. The molecule has 0 atom stereocenters. The summed E-state index contributed by atoms with van der Waals surface area (Å²) in [6.45, 7) is 5.31. The number of aliphatic imine (C=N–C) groups is 2. The highest BCUT2D eigenvalue weighted by molar-refractivity contribution is 9.10.